The number of rotatable bonds is 3. The second-order valence-electron chi connectivity index (χ2n) is 4.67. The highest BCUT2D eigenvalue weighted by Crippen LogP contribution is 2.41. The first-order valence-electron chi connectivity index (χ1n) is 6.05. The van der Waals surface area contributed by atoms with E-state index < -0.39 is 36.2 Å². The van der Waals surface area contributed by atoms with Gasteiger partial charge in [0.15, 0.2) is 6.10 Å². The molecule has 0 aromatic heterocycles. The molecule has 19 heavy (non-hydrogen) atoms. The van der Waals surface area contributed by atoms with Crippen LogP contribution in [0.5, 0.6) is 0 Å². The van der Waals surface area contributed by atoms with Crippen LogP contribution in [0.1, 0.15) is 27.2 Å². The van der Waals surface area contributed by atoms with E-state index in [0.717, 1.165) is 0 Å². The minimum absolute atomic E-state index is 0.262. The summed E-state index contributed by atoms with van der Waals surface area (Å²) in [5.74, 6) is -1.38. The maximum absolute atomic E-state index is 11.1. The van der Waals surface area contributed by atoms with Gasteiger partial charge in [0.2, 0.25) is 0 Å². The maximum atomic E-state index is 11.1. The fourth-order valence-corrected chi connectivity index (χ4v) is 2.40. The van der Waals surface area contributed by atoms with E-state index >= 15 is 0 Å². The number of carbonyl (C=O) groups is 3. The largest absolute Gasteiger partial charge is 0.460 e. The lowest BCUT2D eigenvalue weighted by Gasteiger charge is -2.31. The van der Waals surface area contributed by atoms with Gasteiger partial charge < -0.3 is 18.9 Å². The van der Waals surface area contributed by atoms with E-state index in [4.69, 9.17) is 18.9 Å². The second kappa shape index (κ2) is 5.16. The topological polar surface area (TPSA) is 91.4 Å². The van der Waals surface area contributed by atoms with Crippen LogP contribution in [-0.2, 0) is 33.3 Å². The molecule has 7 nitrogen and oxygen atoms in total. The third-order valence-corrected chi connectivity index (χ3v) is 3.02. The van der Waals surface area contributed by atoms with Crippen LogP contribution in [0.4, 0.5) is 0 Å². The van der Waals surface area contributed by atoms with E-state index in [2.05, 4.69) is 0 Å². The van der Waals surface area contributed by atoms with E-state index in [1.165, 1.54) is 20.8 Å². The van der Waals surface area contributed by atoms with Gasteiger partial charge in [0.25, 0.3) is 0 Å². The molecule has 1 aliphatic carbocycles. The molecule has 2 rings (SSSR count). The van der Waals surface area contributed by atoms with E-state index in [1.807, 2.05) is 0 Å². The van der Waals surface area contributed by atoms with Crippen molar-refractivity contribution in [1.82, 2.24) is 0 Å². The molecular formula is C12H16O7. The second-order valence-corrected chi connectivity index (χ2v) is 4.67. The third-order valence-electron chi connectivity index (χ3n) is 3.02. The molecule has 2 fully saturated rings. The molecule has 1 saturated carbocycles. The molecule has 0 amide bonds. The molecule has 5 atom stereocenters. The molecule has 0 spiro atoms. The zero-order valence-corrected chi connectivity index (χ0v) is 11.0. The number of fused-ring (bicyclic) bond motifs is 1. The van der Waals surface area contributed by atoms with Gasteiger partial charge in [-0.25, -0.2) is 0 Å². The third kappa shape index (κ3) is 3.23. The Hall–Kier alpha value is -1.63. The summed E-state index contributed by atoms with van der Waals surface area (Å²) in [6.45, 7) is 3.85. The Morgan fingerprint density at radius 2 is 1.37 bits per heavy atom. The molecule has 0 aromatic carbocycles. The molecule has 1 saturated heterocycles. The molecule has 0 bridgehead atoms. The Morgan fingerprint density at radius 3 is 1.89 bits per heavy atom. The first-order chi connectivity index (χ1) is 8.88. The molecular weight excluding hydrogens is 256 g/mol. The number of ether oxygens (including phenoxy) is 4. The monoisotopic (exact) mass is 272 g/mol. The number of esters is 3. The van der Waals surface area contributed by atoms with E-state index in [1.54, 1.807) is 0 Å². The standard InChI is InChI=1S/C12H16O7/c1-5(13)16-8-4-9(17-6(2)14)11-12(19-11)10(8)18-7(3)15/h8-12H,4H2,1-3H3/t8-,9-,10+,11-,12+/m1/s1. The van der Waals surface area contributed by atoms with E-state index in [-0.39, 0.29) is 18.6 Å². The normalized spacial score (nSPS) is 35.8. The summed E-state index contributed by atoms with van der Waals surface area (Å²) < 4.78 is 20.7. The molecule has 0 unspecified atom stereocenters. The van der Waals surface area contributed by atoms with Crippen LogP contribution >= 0.6 is 0 Å². The molecule has 2 aliphatic rings. The minimum Gasteiger partial charge on any atom is -0.460 e. The lowest BCUT2D eigenvalue weighted by atomic mass is 9.92. The number of hydrogen-bond donors (Lipinski definition) is 0. The molecule has 1 heterocycles. The number of epoxide rings is 1. The lowest BCUT2D eigenvalue weighted by Crippen LogP contribution is -2.48. The predicted octanol–water partition coefficient (Wildman–Crippen LogP) is -0.0474. The zero-order chi connectivity index (χ0) is 14.2. The predicted molar refractivity (Wildman–Crippen MR) is 59.9 cm³/mol. The van der Waals surface area contributed by atoms with Crippen molar-refractivity contribution in [2.45, 2.75) is 57.7 Å². The van der Waals surface area contributed by atoms with Crippen molar-refractivity contribution in [1.29, 1.82) is 0 Å². The summed E-state index contributed by atoms with van der Waals surface area (Å²) in [7, 11) is 0. The number of carbonyl (C=O) groups excluding carboxylic acids is 3. The SMILES string of the molecule is CC(=O)O[C@@H]1[C@@H]2O[C@@H]2[C@H](OC(C)=O)C[C@H]1OC(C)=O. The van der Waals surface area contributed by atoms with Gasteiger partial charge in [0.05, 0.1) is 0 Å². The van der Waals surface area contributed by atoms with Crippen LogP contribution in [-0.4, -0.2) is 48.4 Å². The summed E-state index contributed by atoms with van der Waals surface area (Å²) in [5, 5.41) is 0. The highest BCUT2D eigenvalue weighted by Gasteiger charge is 2.60. The van der Waals surface area contributed by atoms with Crippen molar-refractivity contribution < 1.29 is 33.3 Å². The first kappa shape index (κ1) is 13.8. The highest BCUT2D eigenvalue weighted by molar-refractivity contribution is 5.68. The van der Waals surface area contributed by atoms with E-state index in [9.17, 15) is 14.4 Å². The average molecular weight is 272 g/mol. The quantitative estimate of drug-likeness (QED) is 0.404. The molecule has 1 aliphatic heterocycles. The zero-order valence-electron chi connectivity index (χ0n) is 11.0. The van der Waals surface area contributed by atoms with Crippen molar-refractivity contribution in [3.63, 3.8) is 0 Å². The lowest BCUT2D eigenvalue weighted by molar-refractivity contribution is -0.173. The first-order valence-corrected chi connectivity index (χ1v) is 6.05. The molecule has 106 valence electrons. The Morgan fingerprint density at radius 1 is 0.842 bits per heavy atom. The molecule has 0 aromatic rings. The highest BCUT2D eigenvalue weighted by atomic mass is 16.7. The van der Waals surface area contributed by atoms with E-state index in [0.29, 0.717) is 0 Å². The van der Waals surface area contributed by atoms with Gasteiger partial charge in [0, 0.05) is 27.2 Å². The van der Waals surface area contributed by atoms with Crippen molar-refractivity contribution in [3.8, 4) is 0 Å². The van der Waals surface area contributed by atoms with Gasteiger partial charge in [-0.1, -0.05) is 0 Å². The van der Waals surface area contributed by atoms with Gasteiger partial charge in [0.1, 0.15) is 24.4 Å². The van der Waals surface area contributed by atoms with Gasteiger partial charge in [-0.05, 0) is 0 Å². The van der Waals surface area contributed by atoms with Gasteiger partial charge >= 0.3 is 17.9 Å². The van der Waals surface area contributed by atoms with Crippen LogP contribution in [0.15, 0.2) is 0 Å². The number of hydrogen-bond acceptors (Lipinski definition) is 7. The van der Waals surface area contributed by atoms with Crippen LogP contribution in [0.25, 0.3) is 0 Å². The molecule has 7 heteroatoms. The van der Waals surface area contributed by atoms with Gasteiger partial charge in [-0.2, -0.15) is 0 Å². The van der Waals surface area contributed by atoms with Crippen molar-refractivity contribution >= 4 is 17.9 Å². The summed E-state index contributed by atoms with van der Waals surface area (Å²) in [6.07, 6.45) is -2.18. The molecule has 0 N–H and O–H groups in total. The fraction of sp³-hybridized carbons (Fsp3) is 0.750. The van der Waals surface area contributed by atoms with Crippen LogP contribution in [0.2, 0.25) is 0 Å². The summed E-state index contributed by atoms with van der Waals surface area (Å²) in [6, 6.07) is 0. The minimum atomic E-state index is -0.658. The van der Waals surface area contributed by atoms with Gasteiger partial charge in [-0.3, -0.25) is 14.4 Å². The smallest absolute Gasteiger partial charge is 0.303 e. The van der Waals surface area contributed by atoms with Crippen molar-refractivity contribution in [2.24, 2.45) is 0 Å². The average Bonchev–Trinajstić information content (AvgIpc) is 3.01. The summed E-state index contributed by atoms with van der Waals surface area (Å²) in [5.41, 5.74) is 0. The van der Waals surface area contributed by atoms with Gasteiger partial charge in [-0.15, -0.1) is 0 Å². The maximum Gasteiger partial charge on any atom is 0.303 e. The Kier molecular flexibility index (Phi) is 3.75. The Bertz CT molecular complexity index is 405. The summed E-state index contributed by atoms with van der Waals surface area (Å²) >= 11 is 0. The Balaban J connectivity index is 2.07. The van der Waals surface area contributed by atoms with Crippen LogP contribution in [0, 0.1) is 0 Å². The van der Waals surface area contributed by atoms with Crippen LogP contribution in [0.3, 0.4) is 0 Å². The Labute approximate surface area is 110 Å². The molecule has 0 radical (unpaired) electrons. The van der Waals surface area contributed by atoms with Crippen molar-refractivity contribution in [3.05, 3.63) is 0 Å². The summed E-state index contributed by atoms with van der Waals surface area (Å²) in [4.78, 5) is 33.1. The van der Waals surface area contributed by atoms with Crippen LogP contribution < -0.4 is 0 Å². The van der Waals surface area contributed by atoms with Crippen molar-refractivity contribution in [2.75, 3.05) is 0 Å². The fourth-order valence-electron chi connectivity index (χ4n) is 2.40.